The minimum atomic E-state index is -0.353. The van der Waals surface area contributed by atoms with Crippen LogP contribution in [0.4, 0.5) is 0 Å². The van der Waals surface area contributed by atoms with E-state index in [-0.39, 0.29) is 6.10 Å². The number of rotatable bonds is 4. The van der Waals surface area contributed by atoms with Crippen LogP contribution in [0.25, 0.3) is 0 Å². The number of aliphatic hydroxyl groups is 1. The fraction of sp³-hybridized carbons (Fsp3) is 0.333. The Kier molecular flexibility index (Phi) is 4.11. The third-order valence-electron chi connectivity index (χ3n) is 3.94. The zero-order chi connectivity index (χ0) is 14.7. The summed E-state index contributed by atoms with van der Waals surface area (Å²) < 4.78 is 11.0. The summed E-state index contributed by atoms with van der Waals surface area (Å²) in [6.07, 6.45) is 2.58. The summed E-state index contributed by atoms with van der Waals surface area (Å²) in [4.78, 5) is 0. The van der Waals surface area contributed by atoms with Crippen molar-refractivity contribution in [1.29, 1.82) is 0 Å². The maximum Gasteiger partial charge on any atom is 0.120 e. The van der Waals surface area contributed by atoms with E-state index in [2.05, 4.69) is 6.07 Å². The van der Waals surface area contributed by atoms with E-state index in [1.54, 1.807) is 7.11 Å². The summed E-state index contributed by atoms with van der Waals surface area (Å²) in [6, 6.07) is 13.9. The second-order valence-electron chi connectivity index (χ2n) is 5.41. The van der Waals surface area contributed by atoms with Gasteiger partial charge in [0.2, 0.25) is 0 Å². The molecule has 0 fully saturated rings. The monoisotopic (exact) mass is 284 g/mol. The topological polar surface area (TPSA) is 38.7 Å². The zero-order valence-corrected chi connectivity index (χ0v) is 12.2. The molecule has 0 radical (unpaired) electrons. The highest BCUT2D eigenvalue weighted by molar-refractivity contribution is 5.38. The van der Waals surface area contributed by atoms with E-state index in [1.807, 2.05) is 36.4 Å². The summed E-state index contributed by atoms with van der Waals surface area (Å²) in [5, 5.41) is 10.1. The number of ether oxygens (including phenoxy) is 2. The van der Waals surface area contributed by atoms with Gasteiger partial charge in [0.1, 0.15) is 18.1 Å². The van der Waals surface area contributed by atoms with Gasteiger partial charge in [-0.15, -0.1) is 0 Å². The smallest absolute Gasteiger partial charge is 0.120 e. The molecular formula is C18H20O3. The summed E-state index contributed by atoms with van der Waals surface area (Å²) in [5.41, 5.74) is 3.32. The van der Waals surface area contributed by atoms with Crippen molar-refractivity contribution in [3.63, 3.8) is 0 Å². The average molecular weight is 284 g/mol. The number of aliphatic hydroxyl groups excluding tert-OH is 1. The van der Waals surface area contributed by atoms with Crippen LogP contribution in [-0.4, -0.2) is 12.2 Å². The maximum absolute atomic E-state index is 10.1. The molecule has 0 aromatic heterocycles. The first-order chi connectivity index (χ1) is 10.3. The van der Waals surface area contributed by atoms with Gasteiger partial charge in [-0.3, -0.25) is 0 Å². The van der Waals surface area contributed by atoms with Crippen LogP contribution < -0.4 is 9.47 Å². The fourth-order valence-corrected chi connectivity index (χ4v) is 2.77. The number of aryl methyl sites for hydroxylation is 1. The minimum Gasteiger partial charge on any atom is -0.497 e. The molecule has 2 aromatic carbocycles. The second-order valence-corrected chi connectivity index (χ2v) is 5.41. The third-order valence-corrected chi connectivity index (χ3v) is 3.94. The van der Waals surface area contributed by atoms with E-state index in [0.29, 0.717) is 6.61 Å². The van der Waals surface area contributed by atoms with Gasteiger partial charge in [0.05, 0.1) is 13.2 Å². The standard InChI is InChI=1S/C18H20O3/c1-20-15-6-2-4-13(10-15)12-21-16-9-8-14-5-3-7-18(19)17(14)11-16/h2,4,6,8-11,18-19H,3,5,7,12H2,1H3. The van der Waals surface area contributed by atoms with Crippen molar-refractivity contribution >= 4 is 0 Å². The molecule has 1 atom stereocenters. The molecule has 0 spiro atoms. The van der Waals surface area contributed by atoms with Crippen LogP contribution >= 0.6 is 0 Å². The molecule has 0 amide bonds. The number of hydrogen-bond acceptors (Lipinski definition) is 3. The van der Waals surface area contributed by atoms with E-state index in [0.717, 1.165) is 41.9 Å². The highest BCUT2D eigenvalue weighted by Crippen LogP contribution is 2.32. The first kappa shape index (κ1) is 14.0. The molecule has 1 unspecified atom stereocenters. The highest BCUT2D eigenvalue weighted by Gasteiger charge is 2.18. The third kappa shape index (κ3) is 3.19. The Balaban J connectivity index is 1.72. The molecule has 0 aliphatic heterocycles. The van der Waals surface area contributed by atoms with Crippen molar-refractivity contribution in [2.45, 2.75) is 32.0 Å². The quantitative estimate of drug-likeness (QED) is 0.931. The van der Waals surface area contributed by atoms with Crippen LogP contribution in [-0.2, 0) is 13.0 Å². The van der Waals surface area contributed by atoms with Crippen LogP contribution in [0.3, 0.4) is 0 Å². The Labute approximate surface area is 125 Å². The molecule has 1 aliphatic rings. The molecule has 3 rings (SSSR count). The Morgan fingerprint density at radius 3 is 2.90 bits per heavy atom. The largest absolute Gasteiger partial charge is 0.497 e. The Morgan fingerprint density at radius 1 is 1.14 bits per heavy atom. The molecule has 3 heteroatoms. The molecule has 0 saturated carbocycles. The Hall–Kier alpha value is -2.00. The lowest BCUT2D eigenvalue weighted by Gasteiger charge is -2.22. The van der Waals surface area contributed by atoms with Crippen molar-refractivity contribution in [2.24, 2.45) is 0 Å². The first-order valence-corrected chi connectivity index (χ1v) is 7.33. The van der Waals surface area contributed by atoms with Crippen molar-refractivity contribution in [1.82, 2.24) is 0 Å². The molecule has 1 N–H and O–H groups in total. The second kappa shape index (κ2) is 6.19. The summed E-state index contributed by atoms with van der Waals surface area (Å²) in [6.45, 7) is 0.492. The van der Waals surface area contributed by atoms with Gasteiger partial charge < -0.3 is 14.6 Å². The minimum absolute atomic E-state index is 0.353. The van der Waals surface area contributed by atoms with Crippen molar-refractivity contribution in [2.75, 3.05) is 7.11 Å². The van der Waals surface area contributed by atoms with Crippen molar-refractivity contribution < 1.29 is 14.6 Å². The van der Waals surface area contributed by atoms with Gasteiger partial charge in [-0.1, -0.05) is 18.2 Å². The van der Waals surface area contributed by atoms with Crippen LogP contribution in [0.5, 0.6) is 11.5 Å². The van der Waals surface area contributed by atoms with Crippen LogP contribution in [0.2, 0.25) is 0 Å². The molecule has 3 nitrogen and oxygen atoms in total. The van der Waals surface area contributed by atoms with E-state index >= 15 is 0 Å². The van der Waals surface area contributed by atoms with Crippen LogP contribution in [0, 0.1) is 0 Å². The molecule has 21 heavy (non-hydrogen) atoms. The Morgan fingerprint density at radius 2 is 2.05 bits per heavy atom. The maximum atomic E-state index is 10.1. The predicted molar refractivity (Wildman–Crippen MR) is 81.7 cm³/mol. The SMILES string of the molecule is COc1cccc(COc2ccc3c(c2)C(O)CCC3)c1. The van der Waals surface area contributed by atoms with Gasteiger partial charge in [-0.05, 0) is 60.2 Å². The lowest BCUT2D eigenvalue weighted by molar-refractivity contribution is 0.156. The lowest BCUT2D eigenvalue weighted by atomic mass is 9.89. The molecule has 0 saturated heterocycles. The van der Waals surface area contributed by atoms with Crippen LogP contribution in [0.15, 0.2) is 42.5 Å². The summed E-state index contributed by atoms with van der Waals surface area (Å²) in [7, 11) is 1.66. The van der Waals surface area contributed by atoms with E-state index in [1.165, 1.54) is 5.56 Å². The summed E-state index contributed by atoms with van der Waals surface area (Å²) >= 11 is 0. The van der Waals surface area contributed by atoms with E-state index < -0.39 is 0 Å². The van der Waals surface area contributed by atoms with Crippen LogP contribution in [0.1, 0.15) is 35.6 Å². The molecule has 1 aliphatic carbocycles. The zero-order valence-electron chi connectivity index (χ0n) is 12.2. The van der Waals surface area contributed by atoms with Gasteiger partial charge in [-0.25, -0.2) is 0 Å². The van der Waals surface area contributed by atoms with Crippen molar-refractivity contribution in [3.8, 4) is 11.5 Å². The fourth-order valence-electron chi connectivity index (χ4n) is 2.77. The number of hydrogen-bond donors (Lipinski definition) is 1. The molecular weight excluding hydrogens is 264 g/mol. The number of methoxy groups -OCH3 is 1. The average Bonchev–Trinajstić information content (AvgIpc) is 2.54. The molecule has 2 aromatic rings. The number of fused-ring (bicyclic) bond motifs is 1. The van der Waals surface area contributed by atoms with E-state index in [9.17, 15) is 5.11 Å². The molecule has 0 heterocycles. The van der Waals surface area contributed by atoms with Gasteiger partial charge in [0, 0.05) is 0 Å². The Bertz CT molecular complexity index is 622. The number of benzene rings is 2. The van der Waals surface area contributed by atoms with Gasteiger partial charge in [0.25, 0.3) is 0 Å². The first-order valence-electron chi connectivity index (χ1n) is 7.33. The molecule has 0 bridgehead atoms. The van der Waals surface area contributed by atoms with Crippen molar-refractivity contribution in [3.05, 3.63) is 59.2 Å². The van der Waals surface area contributed by atoms with E-state index in [4.69, 9.17) is 9.47 Å². The highest BCUT2D eigenvalue weighted by atomic mass is 16.5. The molecule has 110 valence electrons. The van der Waals surface area contributed by atoms with Gasteiger partial charge in [0.15, 0.2) is 0 Å². The predicted octanol–water partition coefficient (Wildman–Crippen LogP) is 3.64. The van der Waals surface area contributed by atoms with Gasteiger partial charge >= 0.3 is 0 Å². The lowest BCUT2D eigenvalue weighted by Crippen LogP contribution is -2.09. The normalized spacial score (nSPS) is 17.1. The summed E-state index contributed by atoms with van der Waals surface area (Å²) in [5.74, 6) is 1.63. The van der Waals surface area contributed by atoms with Gasteiger partial charge in [-0.2, -0.15) is 0 Å².